The van der Waals surface area contributed by atoms with Crippen LogP contribution >= 0.6 is 0 Å². The lowest BCUT2D eigenvalue weighted by Crippen LogP contribution is -2.54. The van der Waals surface area contributed by atoms with E-state index in [1.165, 1.54) is 11.1 Å². The molecule has 0 aliphatic heterocycles. The Morgan fingerprint density at radius 1 is 1.12 bits per heavy atom. The summed E-state index contributed by atoms with van der Waals surface area (Å²) in [5.41, 5.74) is 5.60. The average Bonchev–Trinajstić information content (AvgIpc) is 2.95. The fourth-order valence-electron chi connectivity index (χ4n) is 3.00. The van der Waals surface area contributed by atoms with Gasteiger partial charge in [-0.15, -0.1) is 0 Å². The van der Waals surface area contributed by atoms with Crippen molar-refractivity contribution in [2.45, 2.75) is 53.2 Å². The molecule has 5 nitrogen and oxygen atoms in total. The minimum absolute atomic E-state index is 0.231. The third-order valence-corrected chi connectivity index (χ3v) is 4.39. The second kappa shape index (κ2) is 5.70. The van der Waals surface area contributed by atoms with Gasteiger partial charge in [-0.1, -0.05) is 32.9 Å². The van der Waals surface area contributed by atoms with Crippen LogP contribution in [0.5, 0.6) is 0 Å². The summed E-state index contributed by atoms with van der Waals surface area (Å²) < 4.78 is 0. The van der Waals surface area contributed by atoms with Gasteiger partial charge in [0.05, 0.1) is 5.60 Å². The van der Waals surface area contributed by atoms with Crippen LogP contribution < -0.4 is 10.8 Å². The van der Waals surface area contributed by atoms with Crippen LogP contribution in [0, 0.1) is 11.3 Å². The Kier molecular flexibility index (Phi) is 4.03. The molecule has 0 aromatic carbocycles. The summed E-state index contributed by atoms with van der Waals surface area (Å²) in [4.78, 5) is 30.7. The van der Waals surface area contributed by atoms with Crippen LogP contribution in [-0.2, 0) is 14.4 Å². The first-order valence-corrected chi connectivity index (χ1v) is 8.62. The first-order valence-electron chi connectivity index (χ1n) is 8.62. The predicted octanol–water partition coefficient (Wildman–Crippen LogP) is 2.73. The maximum atomic E-state index is 12.8. The monoisotopic (exact) mass is 342 g/mol. The number of amides is 2. The van der Waals surface area contributed by atoms with Crippen LogP contribution in [0.4, 0.5) is 0 Å². The molecule has 0 spiro atoms. The lowest BCUT2D eigenvalue weighted by molar-refractivity contribution is -0.151. The molecule has 0 fully saturated rings. The van der Waals surface area contributed by atoms with Crippen molar-refractivity contribution >= 4 is 11.8 Å². The molecule has 2 N–H and O–H groups in total. The van der Waals surface area contributed by atoms with Gasteiger partial charge in [-0.25, -0.2) is 5.48 Å². The Bertz CT molecular complexity index is 755. The lowest BCUT2D eigenvalue weighted by atomic mass is 9.86. The molecule has 134 valence electrons. The van der Waals surface area contributed by atoms with Gasteiger partial charge in [0.1, 0.15) is 6.04 Å². The summed E-state index contributed by atoms with van der Waals surface area (Å²) in [6.07, 6.45) is 8.07. The number of nitrogens with one attached hydrogen (secondary N) is 2. The van der Waals surface area contributed by atoms with Crippen LogP contribution in [-0.4, -0.2) is 23.5 Å². The maximum absolute atomic E-state index is 12.8. The Hall–Kier alpha value is -2.14. The maximum Gasteiger partial charge on any atom is 0.266 e. The molecule has 3 rings (SSSR count). The van der Waals surface area contributed by atoms with Gasteiger partial charge in [0.25, 0.3) is 11.8 Å². The van der Waals surface area contributed by atoms with Gasteiger partial charge < -0.3 is 5.32 Å². The average molecular weight is 342 g/mol. The molecule has 0 saturated carbocycles. The zero-order valence-corrected chi connectivity index (χ0v) is 15.7. The molecule has 0 radical (unpaired) electrons. The quantitative estimate of drug-likeness (QED) is 0.772. The molecule has 3 aliphatic rings. The molecule has 0 heterocycles. The number of fused-ring (bicyclic) bond motifs is 3. The van der Waals surface area contributed by atoms with Crippen molar-refractivity contribution in [1.29, 1.82) is 0 Å². The van der Waals surface area contributed by atoms with Gasteiger partial charge in [0.15, 0.2) is 0 Å². The van der Waals surface area contributed by atoms with E-state index in [1.807, 2.05) is 53.7 Å². The number of allylic oxidation sites excluding steroid dienone is 6. The molecule has 0 bridgehead atoms. The normalized spacial score (nSPS) is 22.1. The summed E-state index contributed by atoms with van der Waals surface area (Å²) in [7, 11) is 0. The molecule has 25 heavy (non-hydrogen) atoms. The number of hydrogen-bond acceptors (Lipinski definition) is 3. The Balaban J connectivity index is 1.69. The molecule has 0 saturated heterocycles. The number of carbonyl (C=O) groups excluding carboxylic acids is 2. The molecule has 1 unspecified atom stereocenters. The number of rotatable bonds is 4. The first-order chi connectivity index (χ1) is 11.5. The summed E-state index contributed by atoms with van der Waals surface area (Å²) in [6.45, 7) is 11.3. The van der Waals surface area contributed by atoms with E-state index in [2.05, 4.69) is 22.9 Å². The predicted molar refractivity (Wildman–Crippen MR) is 96.2 cm³/mol. The zero-order chi connectivity index (χ0) is 18.6. The van der Waals surface area contributed by atoms with Crippen LogP contribution in [0.2, 0.25) is 0 Å². The molecule has 2 amide bonds. The van der Waals surface area contributed by atoms with Crippen molar-refractivity contribution in [2.75, 3.05) is 0 Å². The summed E-state index contributed by atoms with van der Waals surface area (Å²) >= 11 is 0. The molecular weight excluding hydrogens is 316 g/mol. The van der Waals surface area contributed by atoms with E-state index in [0.29, 0.717) is 11.5 Å². The smallest absolute Gasteiger partial charge is 0.266 e. The van der Waals surface area contributed by atoms with Crippen molar-refractivity contribution in [3.05, 3.63) is 46.6 Å². The fourth-order valence-corrected chi connectivity index (χ4v) is 3.00. The van der Waals surface area contributed by atoms with E-state index in [0.717, 1.165) is 5.57 Å². The lowest BCUT2D eigenvalue weighted by Gasteiger charge is -2.31. The molecule has 5 heteroatoms. The van der Waals surface area contributed by atoms with Gasteiger partial charge in [-0.3, -0.25) is 14.4 Å². The Morgan fingerprint density at radius 2 is 1.80 bits per heavy atom. The van der Waals surface area contributed by atoms with Crippen LogP contribution in [0.3, 0.4) is 0 Å². The molecule has 3 aliphatic carbocycles. The summed E-state index contributed by atoms with van der Waals surface area (Å²) in [5, 5.41) is 2.88. The van der Waals surface area contributed by atoms with E-state index in [1.54, 1.807) is 0 Å². The second-order valence-electron chi connectivity index (χ2n) is 8.86. The van der Waals surface area contributed by atoms with Gasteiger partial charge in [-0.05, 0) is 55.1 Å². The highest BCUT2D eigenvalue weighted by Gasteiger charge is 2.41. The van der Waals surface area contributed by atoms with Gasteiger partial charge in [0, 0.05) is 11.5 Å². The van der Waals surface area contributed by atoms with Crippen molar-refractivity contribution in [1.82, 2.24) is 10.8 Å². The molecule has 0 aromatic rings. The van der Waals surface area contributed by atoms with Crippen molar-refractivity contribution in [2.24, 2.45) is 11.3 Å². The van der Waals surface area contributed by atoms with Crippen LogP contribution in [0.25, 0.3) is 0 Å². The Labute approximate surface area is 148 Å². The minimum atomic E-state index is -0.706. The first kappa shape index (κ1) is 17.7. The highest BCUT2D eigenvalue weighted by Crippen LogP contribution is 2.51. The van der Waals surface area contributed by atoms with Crippen LogP contribution in [0.1, 0.15) is 41.5 Å². The molecule has 2 atom stereocenters. The topological polar surface area (TPSA) is 67.4 Å². The van der Waals surface area contributed by atoms with Crippen molar-refractivity contribution in [3.63, 3.8) is 0 Å². The third kappa shape index (κ3) is 3.61. The number of carbonyl (C=O) groups is 2. The van der Waals surface area contributed by atoms with E-state index in [4.69, 9.17) is 4.84 Å². The number of hydrogen-bond donors (Lipinski definition) is 2. The minimum Gasteiger partial charge on any atom is -0.340 e. The number of hydroxylamine groups is 1. The summed E-state index contributed by atoms with van der Waals surface area (Å²) in [6, 6.07) is -0.706. The highest BCUT2D eigenvalue weighted by atomic mass is 16.7. The molecular formula is C20H26N2O3. The SMILES string of the molecule is CC(C)(C)ONC(=O)[C@@H](NC(=O)C1=CC=C2C1=CC1=CC12)C(C)(C)C. The van der Waals surface area contributed by atoms with Gasteiger partial charge in [-0.2, -0.15) is 0 Å². The van der Waals surface area contributed by atoms with Gasteiger partial charge >= 0.3 is 0 Å². The standard InChI is InChI=1S/C20H26N2O3/c1-19(2,3)16(18(24)22-25-20(4,5)6)21-17(23)13-8-7-12-14-9-11(14)10-15(12)13/h7-10,14,16H,1-6H3,(H,21,23)(H,22,24)/t14?,16-/m1/s1. The van der Waals surface area contributed by atoms with Crippen molar-refractivity contribution in [3.8, 4) is 0 Å². The van der Waals surface area contributed by atoms with Gasteiger partial charge in [0.2, 0.25) is 0 Å². The fraction of sp³-hybridized carbons (Fsp3) is 0.500. The van der Waals surface area contributed by atoms with E-state index >= 15 is 0 Å². The molecule has 0 aromatic heterocycles. The summed E-state index contributed by atoms with van der Waals surface area (Å²) in [5.74, 6) is -0.183. The van der Waals surface area contributed by atoms with E-state index < -0.39 is 17.1 Å². The van der Waals surface area contributed by atoms with Crippen LogP contribution in [0.15, 0.2) is 46.6 Å². The third-order valence-electron chi connectivity index (χ3n) is 4.39. The largest absolute Gasteiger partial charge is 0.340 e. The van der Waals surface area contributed by atoms with E-state index in [-0.39, 0.29) is 11.8 Å². The van der Waals surface area contributed by atoms with E-state index in [9.17, 15) is 9.59 Å². The van der Waals surface area contributed by atoms with Crippen molar-refractivity contribution < 1.29 is 14.4 Å². The highest BCUT2D eigenvalue weighted by molar-refractivity contribution is 6.04. The zero-order valence-electron chi connectivity index (χ0n) is 15.7. The second-order valence-corrected chi connectivity index (χ2v) is 8.86. The Morgan fingerprint density at radius 3 is 2.40 bits per heavy atom.